The maximum Gasteiger partial charge on any atom is 0.336 e. The van der Waals surface area contributed by atoms with Crippen LogP contribution in [-0.4, -0.2) is 18.2 Å². The third kappa shape index (κ3) is 4.37. The highest BCUT2D eigenvalue weighted by Gasteiger charge is 2.14. The van der Waals surface area contributed by atoms with Gasteiger partial charge in [0.2, 0.25) is 0 Å². The number of aryl methyl sites for hydroxylation is 2. The number of fused-ring (bicyclic) bond motifs is 2. The number of nitrogens with zero attached hydrogens (tertiary/aromatic N) is 1. The Morgan fingerprint density at radius 2 is 1.97 bits per heavy atom. The number of amides is 1. The Bertz CT molecular complexity index is 1150. The molecule has 3 aromatic rings. The third-order valence-electron chi connectivity index (χ3n) is 5.05. The van der Waals surface area contributed by atoms with Gasteiger partial charge in [-0.05, 0) is 55.9 Å². The smallest absolute Gasteiger partial charge is 0.336 e. The fourth-order valence-corrected chi connectivity index (χ4v) is 3.58. The predicted molar refractivity (Wildman–Crippen MR) is 111 cm³/mol. The second-order valence-corrected chi connectivity index (χ2v) is 7.15. The normalized spacial score (nSPS) is 15.0. The van der Waals surface area contributed by atoms with E-state index >= 15 is 0 Å². The maximum atomic E-state index is 12.2. The van der Waals surface area contributed by atoms with Crippen molar-refractivity contribution in [1.29, 1.82) is 0 Å². The van der Waals surface area contributed by atoms with Crippen LogP contribution in [-0.2, 0) is 11.2 Å². The average Bonchev–Trinajstić information content (AvgIpc) is 2.92. The summed E-state index contributed by atoms with van der Waals surface area (Å²) >= 11 is 0. The largest absolute Gasteiger partial charge is 0.484 e. The Hall–Kier alpha value is -3.41. The van der Waals surface area contributed by atoms with Gasteiger partial charge in [0.05, 0.1) is 5.71 Å². The molecule has 0 saturated carbocycles. The van der Waals surface area contributed by atoms with Gasteiger partial charge in [0.1, 0.15) is 11.3 Å². The van der Waals surface area contributed by atoms with Crippen LogP contribution in [0.2, 0.25) is 0 Å². The molecule has 1 N–H and O–H groups in total. The maximum absolute atomic E-state index is 12.2. The first kappa shape index (κ1) is 18.9. The van der Waals surface area contributed by atoms with Crippen molar-refractivity contribution in [2.75, 3.05) is 6.61 Å². The molecular weight excluding hydrogens is 368 g/mol. The molecule has 0 unspecified atom stereocenters. The molecule has 1 aromatic heterocycles. The number of ether oxygens (including phenoxy) is 1. The predicted octanol–water partition coefficient (Wildman–Crippen LogP) is 3.73. The monoisotopic (exact) mass is 390 g/mol. The summed E-state index contributed by atoms with van der Waals surface area (Å²) < 4.78 is 10.8. The second kappa shape index (κ2) is 8.31. The van der Waals surface area contributed by atoms with E-state index in [1.165, 1.54) is 11.6 Å². The van der Waals surface area contributed by atoms with Crippen LogP contribution in [0, 0.1) is 6.92 Å². The fourth-order valence-electron chi connectivity index (χ4n) is 3.58. The number of hydrazone groups is 1. The van der Waals surface area contributed by atoms with Gasteiger partial charge in [-0.25, -0.2) is 10.2 Å². The van der Waals surface area contributed by atoms with E-state index in [9.17, 15) is 9.59 Å². The summed E-state index contributed by atoms with van der Waals surface area (Å²) in [6.45, 7) is 1.66. The number of hydrogen-bond acceptors (Lipinski definition) is 5. The molecule has 0 spiro atoms. The van der Waals surface area contributed by atoms with E-state index in [4.69, 9.17) is 9.15 Å². The molecule has 0 bridgehead atoms. The van der Waals surface area contributed by atoms with Crippen LogP contribution < -0.4 is 15.8 Å². The Morgan fingerprint density at radius 1 is 1.14 bits per heavy atom. The van der Waals surface area contributed by atoms with Crippen molar-refractivity contribution in [3.63, 3.8) is 0 Å². The van der Waals surface area contributed by atoms with Gasteiger partial charge in [0.15, 0.2) is 6.61 Å². The minimum absolute atomic E-state index is 0.181. The topological polar surface area (TPSA) is 80.9 Å². The zero-order chi connectivity index (χ0) is 20.2. The second-order valence-electron chi connectivity index (χ2n) is 7.15. The molecule has 6 nitrogen and oxygen atoms in total. The summed E-state index contributed by atoms with van der Waals surface area (Å²) in [5.74, 6) is 0.110. The number of rotatable bonds is 4. The van der Waals surface area contributed by atoms with Crippen molar-refractivity contribution in [3.8, 4) is 5.75 Å². The van der Waals surface area contributed by atoms with E-state index in [1.54, 1.807) is 12.1 Å². The van der Waals surface area contributed by atoms with Crippen LogP contribution in [0.3, 0.4) is 0 Å². The van der Waals surface area contributed by atoms with Gasteiger partial charge in [-0.3, -0.25) is 4.79 Å². The van der Waals surface area contributed by atoms with E-state index in [0.717, 1.165) is 47.9 Å². The van der Waals surface area contributed by atoms with Crippen molar-refractivity contribution in [2.45, 2.75) is 32.6 Å². The molecule has 6 heteroatoms. The molecule has 0 radical (unpaired) electrons. The van der Waals surface area contributed by atoms with Crippen LogP contribution in [0.4, 0.5) is 0 Å². The lowest BCUT2D eigenvalue weighted by Gasteiger charge is -2.09. The molecule has 0 aliphatic heterocycles. The highest BCUT2D eigenvalue weighted by molar-refractivity contribution is 6.02. The molecule has 1 aliphatic carbocycles. The van der Waals surface area contributed by atoms with Gasteiger partial charge in [-0.15, -0.1) is 0 Å². The lowest BCUT2D eigenvalue weighted by atomic mass is 10.0. The summed E-state index contributed by atoms with van der Waals surface area (Å²) in [5.41, 5.74) is 6.72. The first-order chi connectivity index (χ1) is 14.1. The van der Waals surface area contributed by atoms with Crippen molar-refractivity contribution in [1.82, 2.24) is 5.43 Å². The zero-order valence-corrected chi connectivity index (χ0v) is 16.2. The molecule has 1 aliphatic rings. The number of nitrogens with one attached hydrogen (secondary N) is 1. The molecule has 0 fully saturated rings. The summed E-state index contributed by atoms with van der Waals surface area (Å²) in [6, 6.07) is 14.8. The molecule has 148 valence electrons. The van der Waals surface area contributed by atoms with E-state index < -0.39 is 5.63 Å². The van der Waals surface area contributed by atoms with Gasteiger partial charge in [0, 0.05) is 23.1 Å². The van der Waals surface area contributed by atoms with Crippen molar-refractivity contribution in [3.05, 3.63) is 75.6 Å². The highest BCUT2D eigenvalue weighted by Crippen LogP contribution is 2.22. The summed E-state index contributed by atoms with van der Waals surface area (Å²) in [6.07, 6.45) is 4.03. The van der Waals surface area contributed by atoms with E-state index in [1.807, 2.05) is 31.2 Å². The van der Waals surface area contributed by atoms with Crippen LogP contribution in [0.5, 0.6) is 5.75 Å². The lowest BCUT2D eigenvalue weighted by Crippen LogP contribution is -2.26. The Kier molecular flexibility index (Phi) is 5.42. The first-order valence-electron chi connectivity index (χ1n) is 9.71. The number of hydrogen-bond donors (Lipinski definition) is 1. The molecule has 2 aromatic carbocycles. The van der Waals surface area contributed by atoms with Gasteiger partial charge >= 0.3 is 5.63 Å². The number of benzene rings is 2. The average molecular weight is 390 g/mol. The fraction of sp³-hybridized carbons (Fsp3) is 0.261. The van der Waals surface area contributed by atoms with Gasteiger partial charge < -0.3 is 9.15 Å². The molecule has 0 saturated heterocycles. The number of carbonyl (C=O) groups is 1. The van der Waals surface area contributed by atoms with Crippen molar-refractivity contribution >= 4 is 22.6 Å². The Labute approximate surface area is 168 Å². The Balaban J connectivity index is 1.42. The van der Waals surface area contributed by atoms with Gasteiger partial charge in [0.25, 0.3) is 5.91 Å². The van der Waals surface area contributed by atoms with Crippen molar-refractivity contribution in [2.24, 2.45) is 5.10 Å². The Morgan fingerprint density at radius 3 is 2.86 bits per heavy atom. The summed E-state index contributed by atoms with van der Waals surface area (Å²) in [4.78, 5) is 23.8. The molecule has 4 rings (SSSR count). The zero-order valence-electron chi connectivity index (χ0n) is 16.2. The minimum Gasteiger partial charge on any atom is -0.484 e. The van der Waals surface area contributed by atoms with Crippen LogP contribution in [0.1, 0.15) is 36.0 Å². The molecule has 1 amide bonds. The van der Waals surface area contributed by atoms with Crippen molar-refractivity contribution < 1.29 is 13.9 Å². The SMILES string of the molecule is Cc1cc(=O)oc2cc(OCC(=O)N/N=C3/CCCCc4ccccc43)ccc12. The summed E-state index contributed by atoms with van der Waals surface area (Å²) in [7, 11) is 0. The van der Waals surface area contributed by atoms with Crippen LogP contribution >= 0.6 is 0 Å². The quantitative estimate of drug-likeness (QED) is 0.418. The molecule has 1 heterocycles. The summed E-state index contributed by atoms with van der Waals surface area (Å²) in [5, 5.41) is 5.18. The third-order valence-corrected chi connectivity index (χ3v) is 5.05. The molecule has 0 atom stereocenters. The molecular formula is C23H22N2O4. The highest BCUT2D eigenvalue weighted by atomic mass is 16.5. The molecule has 29 heavy (non-hydrogen) atoms. The van der Waals surface area contributed by atoms with Crippen LogP contribution in [0.15, 0.2) is 62.8 Å². The minimum atomic E-state index is -0.413. The lowest BCUT2D eigenvalue weighted by molar-refractivity contribution is -0.123. The van der Waals surface area contributed by atoms with E-state index in [0.29, 0.717) is 11.3 Å². The standard InChI is InChI=1S/C23H22N2O4/c1-15-12-23(27)29-21-13-17(10-11-18(15)21)28-14-22(26)25-24-20-9-5-3-7-16-6-2-4-8-19(16)20/h2,4,6,8,10-13H,3,5,7,9,14H2,1H3,(H,25,26)/b24-20-. The van der Waals surface area contributed by atoms with E-state index in [2.05, 4.69) is 16.6 Å². The van der Waals surface area contributed by atoms with Gasteiger partial charge in [-0.1, -0.05) is 24.3 Å². The van der Waals surface area contributed by atoms with Gasteiger partial charge in [-0.2, -0.15) is 5.10 Å². The van der Waals surface area contributed by atoms with E-state index in [-0.39, 0.29) is 12.5 Å². The number of carbonyl (C=O) groups excluding carboxylic acids is 1. The first-order valence-corrected chi connectivity index (χ1v) is 9.71. The van der Waals surface area contributed by atoms with Crippen LogP contribution in [0.25, 0.3) is 11.0 Å².